The molecule has 5 heteroatoms. The van der Waals surface area contributed by atoms with Crippen LogP contribution in [0.15, 0.2) is 24.3 Å². The molecule has 0 bridgehead atoms. The van der Waals surface area contributed by atoms with Crippen LogP contribution in [-0.4, -0.2) is 44.7 Å². The van der Waals surface area contributed by atoms with Crippen LogP contribution in [-0.2, 0) is 11.3 Å². The molecular weight excluding hydrogens is 288 g/mol. The maximum Gasteiger partial charge on any atom is 0.337 e. The summed E-state index contributed by atoms with van der Waals surface area (Å²) in [5.74, 6) is 0.523. The van der Waals surface area contributed by atoms with E-state index in [0.717, 1.165) is 32.1 Å². The lowest BCUT2D eigenvalue weighted by Gasteiger charge is -2.27. The van der Waals surface area contributed by atoms with E-state index in [1.807, 2.05) is 24.3 Å². The fourth-order valence-corrected chi connectivity index (χ4v) is 2.75. The van der Waals surface area contributed by atoms with Crippen molar-refractivity contribution >= 4 is 18.4 Å². The maximum atomic E-state index is 11.4. The van der Waals surface area contributed by atoms with Crippen LogP contribution in [0.3, 0.4) is 0 Å². The maximum absolute atomic E-state index is 11.4. The normalized spacial score (nSPS) is 15.6. The third-order valence-electron chi connectivity index (χ3n) is 3.86. The van der Waals surface area contributed by atoms with Gasteiger partial charge in [0.1, 0.15) is 0 Å². The third kappa shape index (κ3) is 5.65. The Morgan fingerprint density at radius 3 is 2.48 bits per heavy atom. The minimum absolute atomic E-state index is 0. The summed E-state index contributed by atoms with van der Waals surface area (Å²) in [5, 5.41) is 3.40. The van der Waals surface area contributed by atoms with Gasteiger partial charge in [-0.05, 0) is 56.6 Å². The largest absolute Gasteiger partial charge is 0.465 e. The van der Waals surface area contributed by atoms with Gasteiger partial charge in [0.25, 0.3) is 0 Å². The average molecular weight is 313 g/mol. The molecule has 1 aliphatic rings. The number of benzene rings is 1. The van der Waals surface area contributed by atoms with Crippen molar-refractivity contribution in [2.75, 3.05) is 33.8 Å². The predicted molar refractivity (Wildman–Crippen MR) is 87.0 cm³/mol. The van der Waals surface area contributed by atoms with Crippen molar-refractivity contribution in [3.8, 4) is 0 Å². The molecule has 0 aliphatic carbocycles. The van der Waals surface area contributed by atoms with Gasteiger partial charge < -0.3 is 15.0 Å². The van der Waals surface area contributed by atoms with Gasteiger partial charge in [-0.2, -0.15) is 0 Å². The Bertz CT molecular complexity index is 430. The van der Waals surface area contributed by atoms with E-state index in [1.165, 1.54) is 25.5 Å². The fourth-order valence-electron chi connectivity index (χ4n) is 2.75. The van der Waals surface area contributed by atoms with Gasteiger partial charge in [0.2, 0.25) is 0 Å². The number of piperidine rings is 1. The number of methoxy groups -OCH3 is 1. The highest BCUT2D eigenvalue weighted by Crippen LogP contribution is 2.14. The molecule has 0 amide bonds. The first-order chi connectivity index (χ1) is 9.69. The van der Waals surface area contributed by atoms with E-state index in [9.17, 15) is 4.79 Å². The summed E-state index contributed by atoms with van der Waals surface area (Å²) < 4.78 is 4.70. The molecule has 0 atom stereocenters. The Labute approximate surface area is 133 Å². The van der Waals surface area contributed by atoms with E-state index in [2.05, 4.69) is 17.3 Å². The smallest absolute Gasteiger partial charge is 0.337 e. The highest BCUT2D eigenvalue weighted by atomic mass is 35.5. The molecule has 0 spiro atoms. The molecule has 118 valence electrons. The molecular formula is C16H25ClN2O2. The topological polar surface area (TPSA) is 41.6 Å². The Balaban J connectivity index is 0.00000220. The van der Waals surface area contributed by atoms with E-state index in [1.54, 1.807) is 0 Å². The van der Waals surface area contributed by atoms with E-state index in [-0.39, 0.29) is 18.4 Å². The predicted octanol–water partition coefficient (Wildman–Crippen LogP) is 2.33. The minimum Gasteiger partial charge on any atom is -0.465 e. The molecule has 1 aromatic carbocycles. The van der Waals surface area contributed by atoms with Crippen LogP contribution < -0.4 is 5.32 Å². The molecule has 1 aromatic rings. The van der Waals surface area contributed by atoms with Crippen molar-refractivity contribution in [1.82, 2.24) is 10.2 Å². The average Bonchev–Trinajstić information content (AvgIpc) is 2.48. The van der Waals surface area contributed by atoms with Gasteiger partial charge >= 0.3 is 5.97 Å². The summed E-state index contributed by atoms with van der Waals surface area (Å²) in [6, 6.07) is 7.68. The zero-order valence-electron chi connectivity index (χ0n) is 12.8. The monoisotopic (exact) mass is 312 g/mol. The van der Waals surface area contributed by atoms with Gasteiger partial charge in [-0.1, -0.05) is 12.1 Å². The summed E-state index contributed by atoms with van der Waals surface area (Å²) in [7, 11) is 3.57. The molecule has 1 aliphatic heterocycles. The van der Waals surface area contributed by atoms with Crippen LogP contribution in [0, 0.1) is 5.92 Å². The lowest BCUT2D eigenvalue weighted by Crippen LogP contribution is -2.34. The lowest BCUT2D eigenvalue weighted by molar-refractivity contribution is 0.0600. The Hall–Kier alpha value is -1.10. The highest BCUT2D eigenvalue weighted by molar-refractivity contribution is 5.89. The number of esters is 1. The molecule has 2 rings (SSSR count). The zero-order valence-corrected chi connectivity index (χ0v) is 13.6. The molecule has 21 heavy (non-hydrogen) atoms. The quantitative estimate of drug-likeness (QED) is 0.847. The third-order valence-corrected chi connectivity index (χ3v) is 3.86. The van der Waals surface area contributed by atoms with E-state index in [4.69, 9.17) is 4.74 Å². The summed E-state index contributed by atoms with van der Waals surface area (Å²) >= 11 is 0. The van der Waals surface area contributed by atoms with Crippen LogP contribution in [0.2, 0.25) is 0 Å². The van der Waals surface area contributed by atoms with Crippen molar-refractivity contribution in [2.45, 2.75) is 19.4 Å². The number of carbonyl (C=O) groups excluding carboxylic acids is 1. The minimum atomic E-state index is -0.278. The van der Waals surface area contributed by atoms with E-state index < -0.39 is 0 Å². The van der Waals surface area contributed by atoms with Crippen LogP contribution in [0.5, 0.6) is 0 Å². The second kappa shape index (κ2) is 9.03. The fraction of sp³-hybridized carbons (Fsp3) is 0.562. The number of nitrogens with zero attached hydrogens (tertiary/aromatic N) is 1. The standard InChI is InChI=1S/C16H24N2O2.ClH/c1-18(12-14-7-9-17-10-8-14)11-13-3-5-15(6-4-13)16(19)20-2;/h3-6,14,17H,7-12H2,1-2H3;1H. The molecule has 1 N–H and O–H groups in total. The molecule has 1 fully saturated rings. The molecule has 1 saturated heterocycles. The molecule has 4 nitrogen and oxygen atoms in total. The number of hydrogen-bond acceptors (Lipinski definition) is 4. The first-order valence-corrected chi connectivity index (χ1v) is 7.25. The molecule has 1 heterocycles. The number of carbonyl (C=O) groups is 1. The number of nitrogens with one attached hydrogen (secondary N) is 1. The summed E-state index contributed by atoms with van der Waals surface area (Å²) in [6.45, 7) is 4.35. The summed E-state index contributed by atoms with van der Waals surface area (Å²) in [6.07, 6.45) is 2.54. The zero-order chi connectivity index (χ0) is 14.4. The summed E-state index contributed by atoms with van der Waals surface area (Å²) in [4.78, 5) is 13.7. The van der Waals surface area contributed by atoms with Gasteiger partial charge in [-0.25, -0.2) is 4.79 Å². The first kappa shape index (κ1) is 18.0. The van der Waals surface area contributed by atoms with Crippen molar-refractivity contribution in [1.29, 1.82) is 0 Å². The Kier molecular flexibility index (Phi) is 7.72. The van der Waals surface area contributed by atoms with Crippen LogP contribution in [0.4, 0.5) is 0 Å². The second-order valence-electron chi connectivity index (χ2n) is 5.58. The number of hydrogen-bond donors (Lipinski definition) is 1. The van der Waals surface area contributed by atoms with E-state index in [0.29, 0.717) is 5.56 Å². The van der Waals surface area contributed by atoms with Gasteiger partial charge in [-0.3, -0.25) is 0 Å². The van der Waals surface area contributed by atoms with Gasteiger partial charge in [0, 0.05) is 13.1 Å². The Morgan fingerprint density at radius 1 is 1.29 bits per heavy atom. The molecule has 0 radical (unpaired) electrons. The SMILES string of the molecule is COC(=O)c1ccc(CN(C)CC2CCNCC2)cc1.Cl. The highest BCUT2D eigenvalue weighted by Gasteiger charge is 2.15. The van der Waals surface area contributed by atoms with Crippen molar-refractivity contribution < 1.29 is 9.53 Å². The van der Waals surface area contributed by atoms with Crippen LogP contribution in [0.1, 0.15) is 28.8 Å². The number of rotatable bonds is 5. The number of ether oxygens (including phenoxy) is 1. The lowest BCUT2D eigenvalue weighted by atomic mass is 9.97. The van der Waals surface area contributed by atoms with Crippen LogP contribution in [0.25, 0.3) is 0 Å². The number of halogens is 1. The van der Waals surface area contributed by atoms with Crippen LogP contribution >= 0.6 is 12.4 Å². The molecule has 0 saturated carbocycles. The van der Waals surface area contributed by atoms with E-state index >= 15 is 0 Å². The van der Waals surface area contributed by atoms with Crippen molar-refractivity contribution in [2.24, 2.45) is 5.92 Å². The van der Waals surface area contributed by atoms with Crippen molar-refractivity contribution in [3.63, 3.8) is 0 Å². The van der Waals surface area contributed by atoms with Gasteiger partial charge in [-0.15, -0.1) is 12.4 Å². The summed E-state index contributed by atoms with van der Waals surface area (Å²) in [5.41, 5.74) is 1.84. The Morgan fingerprint density at radius 2 is 1.90 bits per heavy atom. The second-order valence-corrected chi connectivity index (χ2v) is 5.58. The molecule has 0 unspecified atom stereocenters. The van der Waals surface area contributed by atoms with Gasteiger partial charge in [0.05, 0.1) is 12.7 Å². The molecule has 0 aromatic heterocycles. The van der Waals surface area contributed by atoms with Gasteiger partial charge in [0.15, 0.2) is 0 Å². The van der Waals surface area contributed by atoms with Crippen molar-refractivity contribution in [3.05, 3.63) is 35.4 Å². The first-order valence-electron chi connectivity index (χ1n) is 7.25.